The first kappa shape index (κ1) is 12.8. The van der Waals surface area contributed by atoms with Gasteiger partial charge >= 0.3 is 0 Å². The standard InChI is InChI=1S/C11H11IO4/c1-3-4-16-10-8(12)5-7(11(13)14)6-9(10)15-2/h3,5-6H,1,4H2,2H3,(H,13,14)/p-1. The van der Waals surface area contributed by atoms with Gasteiger partial charge in [-0.1, -0.05) is 12.7 Å². The van der Waals surface area contributed by atoms with Crippen molar-refractivity contribution >= 4 is 28.6 Å². The van der Waals surface area contributed by atoms with Gasteiger partial charge in [-0.05, 0) is 34.7 Å². The third-order valence-electron chi connectivity index (χ3n) is 1.81. The Balaban J connectivity index is 3.17. The molecule has 0 radical (unpaired) electrons. The van der Waals surface area contributed by atoms with E-state index in [-0.39, 0.29) is 5.56 Å². The highest BCUT2D eigenvalue weighted by atomic mass is 127. The van der Waals surface area contributed by atoms with E-state index in [0.29, 0.717) is 21.7 Å². The number of carbonyl (C=O) groups is 1. The van der Waals surface area contributed by atoms with E-state index in [1.54, 1.807) is 6.08 Å². The van der Waals surface area contributed by atoms with Crippen molar-refractivity contribution in [1.29, 1.82) is 0 Å². The third kappa shape index (κ3) is 2.88. The smallest absolute Gasteiger partial charge is 0.174 e. The van der Waals surface area contributed by atoms with Crippen molar-refractivity contribution in [1.82, 2.24) is 0 Å². The highest BCUT2D eigenvalue weighted by Crippen LogP contribution is 2.33. The van der Waals surface area contributed by atoms with Crippen LogP contribution in [0.1, 0.15) is 10.4 Å². The summed E-state index contributed by atoms with van der Waals surface area (Å²) in [5.74, 6) is -0.368. The number of hydrogen-bond donors (Lipinski definition) is 0. The number of carbonyl (C=O) groups excluding carboxylic acids is 1. The average Bonchev–Trinajstić information content (AvgIpc) is 2.26. The zero-order valence-electron chi connectivity index (χ0n) is 8.66. The van der Waals surface area contributed by atoms with E-state index in [0.717, 1.165) is 0 Å². The highest BCUT2D eigenvalue weighted by molar-refractivity contribution is 14.1. The van der Waals surface area contributed by atoms with Crippen LogP contribution in [-0.2, 0) is 0 Å². The predicted molar refractivity (Wildman–Crippen MR) is 65.7 cm³/mol. The predicted octanol–water partition coefficient (Wildman–Crippen LogP) is 1.23. The molecule has 0 heterocycles. The maximum atomic E-state index is 10.7. The van der Waals surface area contributed by atoms with Crippen molar-refractivity contribution in [2.45, 2.75) is 0 Å². The summed E-state index contributed by atoms with van der Waals surface area (Å²) in [6.07, 6.45) is 1.60. The molecule has 0 unspecified atom stereocenters. The number of ether oxygens (including phenoxy) is 2. The lowest BCUT2D eigenvalue weighted by Gasteiger charge is -2.13. The number of hydrogen-bond acceptors (Lipinski definition) is 4. The van der Waals surface area contributed by atoms with Gasteiger partial charge in [-0.3, -0.25) is 0 Å². The molecule has 0 bridgehead atoms. The number of benzene rings is 1. The molecule has 0 atom stereocenters. The molecule has 0 saturated carbocycles. The van der Waals surface area contributed by atoms with E-state index < -0.39 is 5.97 Å². The number of carboxylic acids is 1. The Labute approximate surface area is 107 Å². The molecule has 0 aliphatic carbocycles. The van der Waals surface area contributed by atoms with Crippen LogP contribution in [-0.4, -0.2) is 19.7 Å². The summed E-state index contributed by atoms with van der Waals surface area (Å²) in [6.45, 7) is 3.86. The minimum Gasteiger partial charge on any atom is -0.545 e. The summed E-state index contributed by atoms with van der Waals surface area (Å²) < 4.78 is 11.1. The van der Waals surface area contributed by atoms with Crippen molar-refractivity contribution in [3.8, 4) is 11.5 Å². The summed E-state index contributed by atoms with van der Waals surface area (Å²) in [4.78, 5) is 10.7. The molecule has 0 spiro atoms. The van der Waals surface area contributed by atoms with Gasteiger partial charge in [0.2, 0.25) is 0 Å². The van der Waals surface area contributed by atoms with Crippen LogP contribution in [0.25, 0.3) is 0 Å². The van der Waals surface area contributed by atoms with E-state index in [2.05, 4.69) is 6.58 Å². The normalized spacial score (nSPS) is 9.62. The van der Waals surface area contributed by atoms with Crippen LogP contribution in [0.15, 0.2) is 24.8 Å². The lowest BCUT2D eigenvalue weighted by molar-refractivity contribution is -0.255. The van der Waals surface area contributed by atoms with E-state index in [9.17, 15) is 9.90 Å². The molecule has 0 aliphatic rings. The second-order valence-corrected chi connectivity index (χ2v) is 4.04. The zero-order chi connectivity index (χ0) is 12.1. The van der Waals surface area contributed by atoms with Crippen molar-refractivity contribution in [2.75, 3.05) is 13.7 Å². The summed E-state index contributed by atoms with van der Waals surface area (Å²) in [5.41, 5.74) is 0.0622. The van der Waals surface area contributed by atoms with Gasteiger partial charge in [-0.25, -0.2) is 0 Å². The Bertz CT molecular complexity index is 415. The number of halogens is 1. The average molecular weight is 333 g/mol. The molecule has 86 valence electrons. The lowest BCUT2D eigenvalue weighted by atomic mass is 10.2. The molecular weight excluding hydrogens is 323 g/mol. The fourth-order valence-corrected chi connectivity index (χ4v) is 1.88. The minimum atomic E-state index is -1.24. The van der Waals surface area contributed by atoms with E-state index in [4.69, 9.17) is 9.47 Å². The van der Waals surface area contributed by atoms with Crippen LogP contribution >= 0.6 is 22.6 Å². The Morgan fingerprint density at radius 3 is 2.81 bits per heavy atom. The SMILES string of the molecule is C=CCOc1c(I)cc(C(=O)[O-])cc1OC. The molecule has 0 aliphatic heterocycles. The number of rotatable bonds is 5. The van der Waals surface area contributed by atoms with Gasteiger partial charge in [0.15, 0.2) is 11.5 Å². The van der Waals surface area contributed by atoms with Gasteiger partial charge in [0.05, 0.1) is 16.6 Å². The number of carboxylic acid groups (broad SMARTS) is 1. The summed E-state index contributed by atoms with van der Waals surface area (Å²) in [6, 6.07) is 2.84. The second-order valence-electron chi connectivity index (χ2n) is 2.88. The summed E-state index contributed by atoms with van der Waals surface area (Å²) >= 11 is 1.98. The molecule has 0 aromatic heterocycles. The molecule has 1 aromatic rings. The third-order valence-corrected chi connectivity index (χ3v) is 2.61. The highest BCUT2D eigenvalue weighted by Gasteiger charge is 2.11. The monoisotopic (exact) mass is 333 g/mol. The Morgan fingerprint density at radius 2 is 2.31 bits per heavy atom. The van der Waals surface area contributed by atoms with Crippen LogP contribution in [0.5, 0.6) is 11.5 Å². The molecule has 0 fully saturated rings. The van der Waals surface area contributed by atoms with Gasteiger partial charge in [-0.2, -0.15) is 0 Å². The Hall–Kier alpha value is -1.24. The second kappa shape index (κ2) is 5.74. The summed E-state index contributed by atoms with van der Waals surface area (Å²) in [7, 11) is 1.45. The van der Waals surface area contributed by atoms with Crippen LogP contribution in [0.4, 0.5) is 0 Å². The van der Waals surface area contributed by atoms with Gasteiger partial charge in [0.1, 0.15) is 6.61 Å². The quantitative estimate of drug-likeness (QED) is 0.601. The van der Waals surface area contributed by atoms with Crippen molar-refractivity contribution in [3.05, 3.63) is 33.9 Å². The molecule has 0 amide bonds. The fourth-order valence-electron chi connectivity index (χ4n) is 1.12. The van der Waals surface area contributed by atoms with Gasteiger partial charge in [-0.15, -0.1) is 0 Å². The topological polar surface area (TPSA) is 58.6 Å². The molecule has 1 aromatic carbocycles. The largest absolute Gasteiger partial charge is 0.545 e. The van der Waals surface area contributed by atoms with E-state index in [1.807, 2.05) is 22.6 Å². The zero-order valence-corrected chi connectivity index (χ0v) is 10.8. The van der Waals surface area contributed by atoms with Crippen molar-refractivity contribution in [3.63, 3.8) is 0 Å². The van der Waals surface area contributed by atoms with E-state index in [1.165, 1.54) is 19.2 Å². The van der Waals surface area contributed by atoms with Gasteiger partial charge in [0.25, 0.3) is 0 Å². The van der Waals surface area contributed by atoms with Gasteiger partial charge in [0, 0.05) is 5.56 Å². The maximum Gasteiger partial charge on any atom is 0.174 e. The first-order chi connectivity index (χ1) is 7.60. The van der Waals surface area contributed by atoms with Crippen LogP contribution in [0, 0.1) is 3.57 Å². The lowest BCUT2D eigenvalue weighted by Crippen LogP contribution is -2.22. The molecule has 5 heteroatoms. The van der Waals surface area contributed by atoms with Crippen LogP contribution in [0.3, 0.4) is 0 Å². The number of methoxy groups -OCH3 is 1. The van der Waals surface area contributed by atoms with Crippen molar-refractivity contribution in [2.24, 2.45) is 0 Å². The van der Waals surface area contributed by atoms with Crippen LogP contribution in [0.2, 0.25) is 0 Å². The van der Waals surface area contributed by atoms with E-state index >= 15 is 0 Å². The minimum absolute atomic E-state index is 0.0622. The molecule has 1 rings (SSSR count). The molecular formula is C11H10IO4-. The summed E-state index contributed by atoms with van der Waals surface area (Å²) in [5, 5.41) is 10.7. The first-order valence-corrected chi connectivity index (χ1v) is 5.50. The van der Waals surface area contributed by atoms with Crippen molar-refractivity contribution < 1.29 is 19.4 Å². The molecule has 4 nitrogen and oxygen atoms in total. The first-order valence-electron chi connectivity index (χ1n) is 4.42. The van der Waals surface area contributed by atoms with Gasteiger partial charge < -0.3 is 19.4 Å². The Kier molecular flexibility index (Phi) is 4.60. The Morgan fingerprint density at radius 1 is 1.62 bits per heavy atom. The molecule has 0 saturated heterocycles. The fraction of sp³-hybridized carbons (Fsp3) is 0.182. The number of aromatic carboxylic acids is 1. The van der Waals surface area contributed by atoms with Crippen LogP contribution < -0.4 is 14.6 Å². The molecule has 0 N–H and O–H groups in total. The maximum absolute atomic E-state index is 10.7. The molecule has 16 heavy (non-hydrogen) atoms.